The highest BCUT2D eigenvalue weighted by molar-refractivity contribution is 5.55. The summed E-state index contributed by atoms with van der Waals surface area (Å²) in [6.45, 7) is 2.06. The molecule has 4 nitrogen and oxygen atoms in total. The molecule has 2 rings (SSSR count). The maximum absolute atomic E-state index is 9.26. The van der Waals surface area contributed by atoms with Gasteiger partial charge in [-0.25, -0.2) is 4.98 Å². The van der Waals surface area contributed by atoms with Crippen molar-refractivity contribution in [2.45, 2.75) is 26.4 Å². The summed E-state index contributed by atoms with van der Waals surface area (Å²) in [5.41, 5.74) is 1.63. The number of aryl methyl sites for hydroxylation is 1. The molecule has 86 valence electrons. The van der Waals surface area contributed by atoms with E-state index < -0.39 is 0 Å². The summed E-state index contributed by atoms with van der Waals surface area (Å²) in [6.07, 6.45) is 1.89. The maximum atomic E-state index is 9.26. The molecular formula is C12H16N2O2. The van der Waals surface area contributed by atoms with Crippen molar-refractivity contribution in [2.24, 2.45) is 0 Å². The van der Waals surface area contributed by atoms with E-state index in [1.807, 2.05) is 22.6 Å². The first-order valence-electron chi connectivity index (χ1n) is 5.45. The van der Waals surface area contributed by atoms with E-state index in [1.165, 1.54) is 0 Å². The molecular weight excluding hydrogens is 204 g/mol. The molecule has 0 aromatic carbocycles. The Kier molecular flexibility index (Phi) is 3.10. The second kappa shape index (κ2) is 4.53. The van der Waals surface area contributed by atoms with Crippen LogP contribution >= 0.6 is 0 Å². The molecule has 16 heavy (non-hydrogen) atoms. The van der Waals surface area contributed by atoms with Crippen molar-refractivity contribution >= 4 is 5.52 Å². The van der Waals surface area contributed by atoms with Gasteiger partial charge in [0.2, 0.25) is 0 Å². The number of methoxy groups -OCH3 is 1. The van der Waals surface area contributed by atoms with Gasteiger partial charge in [-0.3, -0.25) is 4.40 Å². The van der Waals surface area contributed by atoms with Gasteiger partial charge in [-0.05, 0) is 18.6 Å². The number of aliphatic hydroxyl groups is 1. The van der Waals surface area contributed by atoms with Crippen LogP contribution < -0.4 is 4.74 Å². The fourth-order valence-corrected chi connectivity index (χ4v) is 1.91. The van der Waals surface area contributed by atoms with E-state index >= 15 is 0 Å². The second-order valence-electron chi connectivity index (χ2n) is 3.67. The van der Waals surface area contributed by atoms with Crippen LogP contribution in [0.1, 0.15) is 24.9 Å². The summed E-state index contributed by atoms with van der Waals surface area (Å²) in [5.74, 6) is 1.70. The molecule has 0 saturated heterocycles. The first-order valence-corrected chi connectivity index (χ1v) is 5.45. The van der Waals surface area contributed by atoms with Crippen LogP contribution in [0.3, 0.4) is 0 Å². The van der Waals surface area contributed by atoms with Gasteiger partial charge in [-0.15, -0.1) is 0 Å². The highest BCUT2D eigenvalue weighted by atomic mass is 16.5. The molecule has 0 aliphatic heterocycles. The number of hydrogen-bond donors (Lipinski definition) is 1. The van der Waals surface area contributed by atoms with Crippen LogP contribution in [0.25, 0.3) is 5.52 Å². The predicted octanol–water partition coefficient (Wildman–Crippen LogP) is 1.79. The van der Waals surface area contributed by atoms with E-state index in [0.29, 0.717) is 5.69 Å². The highest BCUT2D eigenvalue weighted by Gasteiger charge is 2.12. The van der Waals surface area contributed by atoms with Gasteiger partial charge in [-0.1, -0.05) is 13.0 Å². The third-order valence-corrected chi connectivity index (χ3v) is 2.60. The Labute approximate surface area is 94.5 Å². The van der Waals surface area contributed by atoms with E-state index in [0.717, 1.165) is 30.1 Å². The molecule has 2 aromatic heterocycles. The number of imidazole rings is 1. The smallest absolute Gasteiger partial charge is 0.199 e. The zero-order chi connectivity index (χ0) is 11.5. The molecule has 0 fully saturated rings. The van der Waals surface area contributed by atoms with Crippen LogP contribution in [0.2, 0.25) is 0 Å². The Bertz CT molecular complexity index is 491. The molecule has 2 heterocycles. The third-order valence-electron chi connectivity index (χ3n) is 2.60. The summed E-state index contributed by atoms with van der Waals surface area (Å²) in [6, 6.07) is 5.75. The number of aliphatic hydroxyl groups excluding tert-OH is 1. The Balaban J connectivity index is 2.69. The third kappa shape index (κ3) is 1.65. The standard InChI is InChI=1S/C12H16N2O2/c1-3-5-11-13-9(8-15)10-6-4-7-12(16-2)14(10)11/h4,6-7,15H,3,5,8H2,1-2H3. The minimum absolute atomic E-state index is 0.0413. The molecule has 0 spiro atoms. The molecule has 1 N–H and O–H groups in total. The van der Waals surface area contributed by atoms with Crippen LogP contribution in [0.4, 0.5) is 0 Å². The minimum atomic E-state index is -0.0413. The van der Waals surface area contributed by atoms with Crippen molar-refractivity contribution in [1.29, 1.82) is 0 Å². The van der Waals surface area contributed by atoms with Gasteiger partial charge < -0.3 is 9.84 Å². The molecule has 0 atom stereocenters. The predicted molar refractivity (Wildman–Crippen MR) is 61.7 cm³/mol. The number of aromatic nitrogens is 2. The molecule has 0 amide bonds. The molecule has 0 aliphatic rings. The fraction of sp³-hybridized carbons (Fsp3) is 0.417. The van der Waals surface area contributed by atoms with Crippen molar-refractivity contribution in [2.75, 3.05) is 7.11 Å². The average Bonchev–Trinajstić information content (AvgIpc) is 2.68. The number of ether oxygens (including phenoxy) is 1. The van der Waals surface area contributed by atoms with E-state index in [4.69, 9.17) is 4.74 Å². The molecule has 0 saturated carbocycles. The summed E-state index contributed by atoms with van der Waals surface area (Å²) in [4.78, 5) is 4.44. The highest BCUT2D eigenvalue weighted by Crippen LogP contribution is 2.21. The Morgan fingerprint density at radius 3 is 2.88 bits per heavy atom. The van der Waals surface area contributed by atoms with E-state index in [2.05, 4.69) is 11.9 Å². The van der Waals surface area contributed by atoms with Gasteiger partial charge in [0.05, 0.1) is 24.9 Å². The van der Waals surface area contributed by atoms with Crippen molar-refractivity contribution < 1.29 is 9.84 Å². The number of hydrogen-bond acceptors (Lipinski definition) is 3. The number of pyridine rings is 1. The summed E-state index contributed by atoms with van der Waals surface area (Å²) in [5, 5.41) is 9.26. The van der Waals surface area contributed by atoms with Gasteiger partial charge in [-0.2, -0.15) is 0 Å². The van der Waals surface area contributed by atoms with E-state index in [-0.39, 0.29) is 6.61 Å². The molecule has 0 aliphatic carbocycles. The first-order chi connectivity index (χ1) is 7.81. The average molecular weight is 220 g/mol. The second-order valence-corrected chi connectivity index (χ2v) is 3.67. The summed E-state index contributed by atoms with van der Waals surface area (Å²) < 4.78 is 7.28. The zero-order valence-corrected chi connectivity index (χ0v) is 9.60. The Morgan fingerprint density at radius 1 is 1.44 bits per heavy atom. The quantitative estimate of drug-likeness (QED) is 0.854. The van der Waals surface area contributed by atoms with Gasteiger partial charge in [0.15, 0.2) is 5.88 Å². The topological polar surface area (TPSA) is 46.8 Å². The minimum Gasteiger partial charge on any atom is -0.482 e. The number of nitrogens with zero attached hydrogens (tertiary/aromatic N) is 2. The fourth-order valence-electron chi connectivity index (χ4n) is 1.91. The molecule has 0 unspecified atom stereocenters. The first kappa shape index (κ1) is 11.0. The van der Waals surface area contributed by atoms with Crippen LogP contribution in [-0.4, -0.2) is 21.6 Å². The zero-order valence-electron chi connectivity index (χ0n) is 9.60. The van der Waals surface area contributed by atoms with Crippen molar-refractivity contribution in [3.63, 3.8) is 0 Å². The summed E-state index contributed by atoms with van der Waals surface area (Å²) >= 11 is 0. The number of fused-ring (bicyclic) bond motifs is 1. The summed E-state index contributed by atoms with van der Waals surface area (Å²) in [7, 11) is 1.64. The monoisotopic (exact) mass is 220 g/mol. The SMILES string of the molecule is CCCc1nc(CO)c2cccc(OC)n12. The molecule has 2 aromatic rings. The maximum Gasteiger partial charge on any atom is 0.199 e. The Morgan fingerprint density at radius 2 is 2.25 bits per heavy atom. The van der Waals surface area contributed by atoms with Gasteiger partial charge in [0.1, 0.15) is 5.82 Å². The lowest BCUT2D eigenvalue weighted by molar-refractivity contribution is 0.279. The Hall–Kier alpha value is -1.55. The normalized spacial score (nSPS) is 10.9. The van der Waals surface area contributed by atoms with Crippen LogP contribution in [0.15, 0.2) is 18.2 Å². The molecule has 0 bridgehead atoms. The van der Waals surface area contributed by atoms with Crippen LogP contribution in [0.5, 0.6) is 5.88 Å². The van der Waals surface area contributed by atoms with E-state index in [1.54, 1.807) is 7.11 Å². The lowest BCUT2D eigenvalue weighted by Crippen LogP contribution is -1.98. The lowest BCUT2D eigenvalue weighted by atomic mass is 10.3. The largest absolute Gasteiger partial charge is 0.482 e. The van der Waals surface area contributed by atoms with Crippen molar-refractivity contribution in [3.8, 4) is 5.88 Å². The van der Waals surface area contributed by atoms with Crippen molar-refractivity contribution in [1.82, 2.24) is 9.38 Å². The van der Waals surface area contributed by atoms with Crippen LogP contribution in [0, 0.1) is 0 Å². The molecule has 0 radical (unpaired) electrons. The lowest BCUT2D eigenvalue weighted by Gasteiger charge is -2.06. The number of rotatable bonds is 4. The van der Waals surface area contributed by atoms with Crippen molar-refractivity contribution in [3.05, 3.63) is 29.7 Å². The van der Waals surface area contributed by atoms with Crippen LogP contribution in [-0.2, 0) is 13.0 Å². The van der Waals surface area contributed by atoms with Gasteiger partial charge >= 0.3 is 0 Å². The van der Waals surface area contributed by atoms with E-state index in [9.17, 15) is 5.11 Å². The van der Waals surface area contributed by atoms with Gasteiger partial charge in [0.25, 0.3) is 0 Å². The molecule has 4 heteroatoms. The van der Waals surface area contributed by atoms with Gasteiger partial charge in [0, 0.05) is 6.42 Å².